The first-order valence-electron chi connectivity index (χ1n) is 15.4. The van der Waals surface area contributed by atoms with Gasteiger partial charge in [0, 0.05) is 24.5 Å². The number of hydrogen-bond acceptors (Lipinski definition) is 4. The quantitative estimate of drug-likeness (QED) is 0.170. The zero-order valence-electron chi connectivity index (χ0n) is 27.0. The Morgan fingerprint density at radius 2 is 1.48 bits per heavy atom. The Hall–Kier alpha value is -4.14. The molecular weight excluding hydrogens is 618 g/mol. The number of amides is 2. The number of sulfonamides is 1. The van der Waals surface area contributed by atoms with E-state index in [1.54, 1.807) is 37.3 Å². The van der Waals surface area contributed by atoms with Crippen LogP contribution in [0, 0.1) is 26.7 Å². The minimum atomic E-state index is -4.22. The van der Waals surface area contributed by atoms with Crippen molar-refractivity contribution in [2.75, 3.05) is 17.4 Å². The minimum absolute atomic E-state index is 0.0472. The molecule has 4 rings (SSSR count). The van der Waals surface area contributed by atoms with Crippen LogP contribution in [-0.4, -0.2) is 44.3 Å². The van der Waals surface area contributed by atoms with Crippen LogP contribution in [0.15, 0.2) is 102 Å². The first kappa shape index (κ1) is 34.7. The predicted molar refractivity (Wildman–Crippen MR) is 185 cm³/mol. The lowest BCUT2D eigenvalue weighted by atomic mass is 10.0. The number of nitrogens with zero attached hydrogens (tertiary/aromatic N) is 2. The first-order chi connectivity index (χ1) is 21.8. The number of anilines is 1. The van der Waals surface area contributed by atoms with Gasteiger partial charge in [0.05, 0.1) is 10.6 Å². The first-order valence-corrected chi connectivity index (χ1v) is 17.2. The molecule has 4 aromatic rings. The standard InChI is InChI=1S/C37H42ClN3O4S/c1-26(2)23-39-37(43)35(21-30-11-7-6-8-12-30)40(24-31-13-9-10-28(4)20-31)36(42)25-41(34-22-32(38)17-16-29(34)5)46(44,45)33-18-14-27(3)15-19-33/h6-20,22,26,35H,21,23-25H2,1-5H3,(H,39,43). The summed E-state index contributed by atoms with van der Waals surface area (Å²) in [7, 11) is -4.22. The highest BCUT2D eigenvalue weighted by atomic mass is 35.5. The molecule has 0 bridgehead atoms. The second-order valence-electron chi connectivity index (χ2n) is 12.1. The summed E-state index contributed by atoms with van der Waals surface area (Å²) in [5, 5.41) is 3.35. The van der Waals surface area contributed by atoms with Gasteiger partial charge in [-0.2, -0.15) is 0 Å². The summed E-state index contributed by atoms with van der Waals surface area (Å²) in [4.78, 5) is 30.1. The van der Waals surface area contributed by atoms with E-state index in [4.69, 9.17) is 11.6 Å². The van der Waals surface area contributed by atoms with Gasteiger partial charge < -0.3 is 10.2 Å². The van der Waals surface area contributed by atoms with E-state index in [2.05, 4.69) is 5.32 Å². The summed E-state index contributed by atoms with van der Waals surface area (Å²) in [5.41, 5.74) is 4.54. The van der Waals surface area contributed by atoms with Crippen LogP contribution in [0.5, 0.6) is 0 Å². The van der Waals surface area contributed by atoms with E-state index >= 15 is 0 Å². The second-order valence-corrected chi connectivity index (χ2v) is 14.4. The van der Waals surface area contributed by atoms with E-state index in [1.165, 1.54) is 17.0 Å². The lowest BCUT2D eigenvalue weighted by Crippen LogP contribution is -2.53. The van der Waals surface area contributed by atoms with E-state index in [0.717, 1.165) is 26.6 Å². The third-order valence-electron chi connectivity index (χ3n) is 7.72. The largest absolute Gasteiger partial charge is 0.354 e. The van der Waals surface area contributed by atoms with Gasteiger partial charge in [0.25, 0.3) is 10.0 Å². The number of hydrogen-bond donors (Lipinski definition) is 1. The van der Waals surface area contributed by atoms with Crippen LogP contribution < -0.4 is 9.62 Å². The van der Waals surface area contributed by atoms with Gasteiger partial charge in [-0.3, -0.25) is 13.9 Å². The second kappa shape index (κ2) is 15.4. The van der Waals surface area contributed by atoms with E-state index in [0.29, 0.717) is 22.8 Å². The van der Waals surface area contributed by atoms with Crippen molar-refractivity contribution in [1.82, 2.24) is 10.2 Å². The van der Waals surface area contributed by atoms with Gasteiger partial charge in [-0.05, 0) is 67.6 Å². The molecule has 0 radical (unpaired) electrons. The Morgan fingerprint density at radius 1 is 0.804 bits per heavy atom. The SMILES string of the molecule is Cc1ccc(S(=O)(=O)N(CC(=O)N(Cc2cccc(C)c2)C(Cc2ccccc2)C(=O)NCC(C)C)c2cc(Cl)ccc2C)cc1. The van der Waals surface area contributed by atoms with Crippen molar-refractivity contribution in [2.24, 2.45) is 5.92 Å². The molecule has 4 aromatic carbocycles. The molecule has 0 saturated carbocycles. The van der Waals surface area contributed by atoms with Crippen LogP contribution in [0.1, 0.15) is 41.7 Å². The van der Waals surface area contributed by atoms with Crippen molar-refractivity contribution in [3.05, 3.63) is 130 Å². The van der Waals surface area contributed by atoms with Crippen molar-refractivity contribution >= 4 is 39.1 Å². The number of aryl methyl sites for hydroxylation is 3. The molecule has 1 N–H and O–H groups in total. The molecule has 0 aliphatic rings. The Bertz CT molecular complexity index is 1760. The lowest BCUT2D eigenvalue weighted by Gasteiger charge is -2.34. The van der Waals surface area contributed by atoms with E-state index in [9.17, 15) is 18.0 Å². The molecule has 0 spiro atoms. The van der Waals surface area contributed by atoms with Crippen molar-refractivity contribution < 1.29 is 18.0 Å². The molecule has 1 unspecified atom stereocenters. The van der Waals surface area contributed by atoms with Gasteiger partial charge in [-0.15, -0.1) is 0 Å². The number of rotatable bonds is 13. The van der Waals surface area contributed by atoms with Gasteiger partial charge in [0.15, 0.2) is 0 Å². The molecule has 9 heteroatoms. The van der Waals surface area contributed by atoms with Crippen LogP contribution in [0.25, 0.3) is 0 Å². The van der Waals surface area contributed by atoms with Crippen LogP contribution in [-0.2, 0) is 32.6 Å². The topological polar surface area (TPSA) is 86.8 Å². The van der Waals surface area contributed by atoms with Crippen molar-refractivity contribution in [1.29, 1.82) is 0 Å². The molecule has 46 heavy (non-hydrogen) atoms. The molecule has 0 aromatic heterocycles. The summed E-state index contributed by atoms with van der Waals surface area (Å²) in [6.07, 6.45) is 0.253. The minimum Gasteiger partial charge on any atom is -0.354 e. The predicted octanol–water partition coefficient (Wildman–Crippen LogP) is 6.87. The number of benzene rings is 4. The van der Waals surface area contributed by atoms with Gasteiger partial charge in [0.2, 0.25) is 11.8 Å². The molecule has 0 fully saturated rings. The summed E-state index contributed by atoms with van der Waals surface area (Å²) in [6, 6.07) is 27.8. The van der Waals surface area contributed by atoms with Crippen LogP contribution >= 0.6 is 11.6 Å². The number of nitrogens with one attached hydrogen (secondary N) is 1. The highest BCUT2D eigenvalue weighted by Crippen LogP contribution is 2.30. The van der Waals surface area contributed by atoms with E-state index in [-0.39, 0.29) is 29.7 Å². The fourth-order valence-electron chi connectivity index (χ4n) is 5.19. The average molecular weight is 660 g/mol. The lowest BCUT2D eigenvalue weighted by molar-refractivity contribution is -0.140. The number of carbonyl (C=O) groups is 2. The Kier molecular flexibility index (Phi) is 11.7. The normalized spacial score (nSPS) is 12.1. The molecule has 0 saturated heterocycles. The maximum Gasteiger partial charge on any atom is 0.264 e. The zero-order valence-corrected chi connectivity index (χ0v) is 28.6. The third-order valence-corrected chi connectivity index (χ3v) is 9.73. The highest BCUT2D eigenvalue weighted by Gasteiger charge is 2.35. The summed E-state index contributed by atoms with van der Waals surface area (Å²) >= 11 is 6.37. The smallest absolute Gasteiger partial charge is 0.264 e. The van der Waals surface area contributed by atoms with Gasteiger partial charge in [-0.1, -0.05) is 109 Å². The van der Waals surface area contributed by atoms with Gasteiger partial charge in [0.1, 0.15) is 12.6 Å². The maximum atomic E-state index is 14.6. The molecule has 0 aliphatic carbocycles. The summed E-state index contributed by atoms with van der Waals surface area (Å²) < 4.78 is 29.7. The Labute approximate surface area is 278 Å². The van der Waals surface area contributed by atoms with Gasteiger partial charge >= 0.3 is 0 Å². The molecule has 1 atom stereocenters. The Balaban J connectivity index is 1.83. The van der Waals surface area contributed by atoms with Crippen molar-refractivity contribution in [3.8, 4) is 0 Å². The number of halogens is 1. The fourth-order valence-corrected chi connectivity index (χ4v) is 6.82. The molecule has 242 valence electrons. The monoisotopic (exact) mass is 659 g/mol. The van der Waals surface area contributed by atoms with Crippen LogP contribution in [0.3, 0.4) is 0 Å². The van der Waals surface area contributed by atoms with Crippen LogP contribution in [0.4, 0.5) is 5.69 Å². The average Bonchev–Trinajstić information content (AvgIpc) is 3.02. The fraction of sp³-hybridized carbons (Fsp3) is 0.297. The van der Waals surface area contributed by atoms with E-state index < -0.39 is 28.5 Å². The summed E-state index contributed by atoms with van der Waals surface area (Å²) in [6.45, 7) is 9.63. The third kappa shape index (κ3) is 8.98. The summed E-state index contributed by atoms with van der Waals surface area (Å²) in [5.74, 6) is -0.620. The Morgan fingerprint density at radius 3 is 2.13 bits per heavy atom. The van der Waals surface area contributed by atoms with Crippen molar-refractivity contribution in [2.45, 2.75) is 58.5 Å². The molecule has 0 aliphatic heterocycles. The highest BCUT2D eigenvalue weighted by molar-refractivity contribution is 7.92. The molecule has 2 amide bonds. The molecule has 0 heterocycles. The molecular formula is C37H42ClN3O4S. The number of carbonyl (C=O) groups excluding carboxylic acids is 2. The van der Waals surface area contributed by atoms with Crippen molar-refractivity contribution in [3.63, 3.8) is 0 Å². The van der Waals surface area contributed by atoms with Gasteiger partial charge in [-0.25, -0.2) is 8.42 Å². The van der Waals surface area contributed by atoms with Crippen LogP contribution in [0.2, 0.25) is 5.02 Å². The zero-order chi connectivity index (χ0) is 33.4. The molecule has 7 nitrogen and oxygen atoms in total. The van der Waals surface area contributed by atoms with E-state index in [1.807, 2.05) is 82.3 Å². The maximum absolute atomic E-state index is 14.6.